The normalized spacial score (nSPS) is 25.6. The molecule has 0 aromatic heterocycles. The minimum absolute atomic E-state index is 1.32. The maximum absolute atomic E-state index is 2.07. The zero-order valence-corrected chi connectivity index (χ0v) is 11.2. The SMILES string of the molecule is C1CCCCCC2=C(CCCC1)CSS2. The first kappa shape index (κ1) is 11.9. The summed E-state index contributed by atoms with van der Waals surface area (Å²) in [5.41, 5.74) is 1.80. The molecule has 0 unspecified atom stereocenters. The highest BCUT2D eigenvalue weighted by molar-refractivity contribution is 8.78. The molecular formula is C13H22S2. The Morgan fingerprint density at radius 1 is 0.667 bits per heavy atom. The van der Waals surface area contributed by atoms with Crippen LogP contribution in [0.1, 0.15) is 64.2 Å². The lowest BCUT2D eigenvalue weighted by molar-refractivity contribution is 0.562. The van der Waals surface area contributed by atoms with Gasteiger partial charge in [-0.15, -0.1) is 0 Å². The second-order valence-electron chi connectivity index (χ2n) is 4.70. The third-order valence-electron chi connectivity index (χ3n) is 3.42. The number of allylic oxidation sites excluding steroid dienone is 1. The third kappa shape index (κ3) is 4.07. The topological polar surface area (TPSA) is 0 Å². The minimum atomic E-state index is 1.32. The van der Waals surface area contributed by atoms with Gasteiger partial charge in [-0.1, -0.05) is 60.1 Å². The van der Waals surface area contributed by atoms with Crippen LogP contribution in [0.5, 0.6) is 0 Å². The van der Waals surface area contributed by atoms with E-state index < -0.39 is 0 Å². The third-order valence-corrected chi connectivity index (χ3v) is 6.01. The van der Waals surface area contributed by atoms with E-state index in [0.29, 0.717) is 0 Å². The van der Waals surface area contributed by atoms with Gasteiger partial charge >= 0.3 is 0 Å². The van der Waals surface area contributed by atoms with Crippen molar-refractivity contribution in [3.8, 4) is 0 Å². The summed E-state index contributed by atoms with van der Waals surface area (Å²) in [5.74, 6) is 1.32. The van der Waals surface area contributed by atoms with E-state index in [-0.39, 0.29) is 0 Å². The van der Waals surface area contributed by atoms with E-state index >= 15 is 0 Å². The minimum Gasteiger partial charge on any atom is -0.0848 e. The van der Waals surface area contributed by atoms with E-state index in [4.69, 9.17) is 0 Å². The van der Waals surface area contributed by atoms with Gasteiger partial charge in [-0.3, -0.25) is 0 Å². The molecule has 0 saturated carbocycles. The molecular weight excluding hydrogens is 220 g/mol. The van der Waals surface area contributed by atoms with Crippen molar-refractivity contribution < 1.29 is 0 Å². The zero-order chi connectivity index (χ0) is 10.3. The van der Waals surface area contributed by atoms with Gasteiger partial charge in [-0.25, -0.2) is 0 Å². The van der Waals surface area contributed by atoms with Crippen LogP contribution in [0.15, 0.2) is 10.5 Å². The summed E-state index contributed by atoms with van der Waals surface area (Å²) in [4.78, 5) is 1.75. The van der Waals surface area contributed by atoms with E-state index in [2.05, 4.69) is 21.6 Å². The van der Waals surface area contributed by atoms with Crippen LogP contribution in [0.25, 0.3) is 0 Å². The first-order valence-corrected chi connectivity index (χ1v) is 8.79. The summed E-state index contributed by atoms with van der Waals surface area (Å²) in [6.07, 6.45) is 14.5. The van der Waals surface area contributed by atoms with Crippen molar-refractivity contribution in [3.05, 3.63) is 10.5 Å². The maximum Gasteiger partial charge on any atom is 0.0262 e. The Kier molecular flexibility index (Phi) is 5.48. The predicted octanol–water partition coefficient (Wildman–Crippen LogP) is 5.55. The lowest BCUT2D eigenvalue weighted by Gasteiger charge is -2.08. The first-order chi connectivity index (χ1) is 7.47. The predicted molar refractivity (Wildman–Crippen MR) is 73.2 cm³/mol. The average molecular weight is 242 g/mol. The quantitative estimate of drug-likeness (QED) is 0.511. The molecule has 0 bridgehead atoms. The highest BCUT2D eigenvalue weighted by Gasteiger charge is 2.15. The molecule has 1 aliphatic carbocycles. The smallest absolute Gasteiger partial charge is 0.0262 e. The Bertz CT molecular complexity index is 199. The fraction of sp³-hybridized carbons (Fsp3) is 0.846. The van der Waals surface area contributed by atoms with Gasteiger partial charge in [0.25, 0.3) is 0 Å². The van der Waals surface area contributed by atoms with Crippen molar-refractivity contribution in [2.75, 3.05) is 5.75 Å². The van der Waals surface area contributed by atoms with Crippen LogP contribution in [0.2, 0.25) is 0 Å². The lowest BCUT2D eigenvalue weighted by atomic mass is 10.0. The standard InChI is InChI=1S/C13H22S2/c1-2-4-6-8-10-13-12(11-14-15-13)9-7-5-3-1/h1-11H2. The van der Waals surface area contributed by atoms with Gasteiger partial charge in [0, 0.05) is 5.75 Å². The van der Waals surface area contributed by atoms with Gasteiger partial charge in [0.05, 0.1) is 0 Å². The van der Waals surface area contributed by atoms with Crippen LogP contribution in [-0.2, 0) is 0 Å². The zero-order valence-electron chi connectivity index (χ0n) is 9.59. The fourth-order valence-corrected chi connectivity index (χ4v) is 5.33. The summed E-state index contributed by atoms with van der Waals surface area (Å²) >= 11 is 0. The molecule has 0 aromatic carbocycles. The van der Waals surface area contributed by atoms with Crippen molar-refractivity contribution in [2.24, 2.45) is 0 Å². The summed E-state index contributed by atoms with van der Waals surface area (Å²) in [6, 6.07) is 0. The molecule has 0 nitrogen and oxygen atoms in total. The van der Waals surface area contributed by atoms with Gasteiger partial charge < -0.3 is 0 Å². The molecule has 1 aliphatic heterocycles. The Morgan fingerprint density at radius 3 is 2.00 bits per heavy atom. The molecule has 0 saturated heterocycles. The fourth-order valence-electron chi connectivity index (χ4n) is 2.43. The molecule has 0 fully saturated rings. The van der Waals surface area contributed by atoms with Crippen molar-refractivity contribution in [1.82, 2.24) is 0 Å². The Hall–Kier alpha value is 0.440. The molecule has 0 amide bonds. The molecule has 15 heavy (non-hydrogen) atoms. The van der Waals surface area contributed by atoms with Crippen LogP contribution in [0, 0.1) is 0 Å². The summed E-state index contributed by atoms with van der Waals surface area (Å²) in [5, 5.41) is 0. The van der Waals surface area contributed by atoms with Gasteiger partial charge in [-0.05, 0) is 36.2 Å². The van der Waals surface area contributed by atoms with Crippen LogP contribution in [0.3, 0.4) is 0 Å². The first-order valence-electron chi connectivity index (χ1n) is 6.47. The lowest BCUT2D eigenvalue weighted by Crippen LogP contribution is -1.91. The number of hydrogen-bond acceptors (Lipinski definition) is 2. The van der Waals surface area contributed by atoms with Crippen molar-refractivity contribution in [1.29, 1.82) is 0 Å². The van der Waals surface area contributed by atoms with Gasteiger partial charge in [0.15, 0.2) is 0 Å². The van der Waals surface area contributed by atoms with E-state index in [1.807, 2.05) is 0 Å². The molecule has 0 aromatic rings. The van der Waals surface area contributed by atoms with Crippen LogP contribution < -0.4 is 0 Å². The second kappa shape index (κ2) is 6.90. The van der Waals surface area contributed by atoms with E-state index in [1.54, 1.807) is 10.5 Å². The van der Waals surface area contributed by atoms with E-state index in [9.17, 15) is 0 Å². The van der Waals surface area contributed by atoms with E-state index in [1.165, 1.54) is 70.0 Å². The highest BCUT2D eigenvalue weighted by atomic mass is 33.1. The molecule has 2 heteroatoms. The second-order valence-corrected chi connectivity index (χ2v) is 7.09. The van der Waals surface area contributed by atoms with E-state index in [0.717, 1.165) is 0 Å². The largest absolute Gasteiger partial charge is 0.0848 e. The molecule has 0 N–H and O–H groups in total. The Balaban J connectivity index is 1.86. The summed E-state index contributed by atoms with van der Waals surface area (Å²) in [6.45, 7) is 0. The summed E-state index contributed by atoms with van der Waals surface area (Å²) < 4.78 is 0. The van der Waals surface area contributed by atoms with Crippen LogP contribution in [-0.4, -0.2) is 5.75 Å². The molecule has 2 aliphatic rings. The molecule has 1 heterocycles. The Labute approximate surface area is 102 Å². The van der Waals surface area contributed by atoms with Crippen LogP contribution in [0.4, 0.5) is 0 Å². The molecule has 0 spiro atoms. The van der Waals surface area contributed by atoms with Crippen LogP contribution >= 0.6 is 21.6 Å². The van der Waals surface area contributed by atoms with Gasteiger partial charge in [-0.2, -0.15) is 0 Å². The van der Waals surface area contributed by atoms with Crippen molar-refractivity contribution in [2.45, 2.75) is 64.2 Å². The maximum atomic E-state index is 2.07. The molecule has 2 rings (SSSR count). The average Bonchev–Trinajstić information content (AvgIpc) is 2.65. The highest BCUT2D eigenvalue weighted by Crippen LogP contribution is 2.45. The van der Waals surface area contributed by atoms with Gasteiger partial charge in [0.2, 0.25) is 0 Å². The van der Waals surface area contributed by atoms with Crippen molar-refractivity contribution in [3.63, 3.8) is 0 Å². The Morgan fingerprint density at radius 2 is 1.27 bits per heavy atom. The molecule has 0 atom stereocenters. The summed E-state index contributed by atoms with van der Waals surface area (Å²) in [7, 11) is 4.14. The molecule has 0 radical (unpaired) electrons. The van der Waals surface area contributed by atoms with Gasteiger partial charge in [0.1, 0.15) is 0 Å². The monoisotopic (exact) mass is 242 g/mol. The number of hydrogen-bond donors (Lipinski definition) is 0. The molecule has 86 valence electrons. The van der Waals surface area contributed by atoms with Crippen molar-refractivity contribution >= 4 is 21.6 Å². The number of rotatable bonds is 0.